The van der Waals surface area contributed by atoms with Gasteiger partial charge in [0.05, 0.1) is 5.76 Å². The number of amides is 1. The number of hydrogen-bond acceptors (Lipinski definition) is 2. The van der Waals surface area contributed by atoms with Gasteiger partial charge in [-0.1, -0.05) is 6.58 Å². The van der Waals surface area contributed by atoms with Crippen LogP contribution in [0, 0.1) is 18.3 Å². The van der Waals surface area contributed by atoms with Crippen molar-refractivity contribution in [3.63, 3.8) is 0 Å². The van der Waals surface area contributed by atoms with Gasteiger partial charge in [-0.05, 0) is 19.8 Å². The number of carbonyl (C=O) groups excluding carboxylic acids is 1. The minimum Gasteiger partial charge on any atom is -0.416 e. The Balaban J connectivity index is 2.38. The Morgan fingerprint density at radius 2 is 2.14 bits per heavy atom. The molecule has 1 aliphatic rings. The van der Waals surface area contributed by atoms with Gasteiger partial charge in [0, 0.05) is 19.0 Å². The maximum atomic E-state index is 11.4. The van der Waals surface area contributed by atoms with Gasteiger partial charge in [-0.15, -0.1) is 12.3 Å². The molecule has 14 heavy (non-hydrogen) atoms. The standard InChI is InChI=1S/C11H15NO2/c1-4-10-5-7-12(8-6-10)11(13)14-9(2)3/h1,10H,2,5-8H2,3H3. The number of hydrogen-bond donors (Lipinski definition) is 0. The van der Waals surface area contributed by atoms with Crippen molar-refractivity contribution in [1.82, 2.24) is 4.90 Å². The smallest absolute Gasteiger partial charge is 0.414 e. The average Bonchev–Trinajstić information content (AvgIpc) is 2.17. The summed E-state index contributed by atoms with van der Waals surface area (Å²) in [5.74, 6) is 3.44. The monoisotopic (exact) mass is 193 g/mol. The minimum absolute atomic E-state index is 0.309. The first-order valence-corrected chi connectivity index (χ1v) is 4.72. The molecule has 0 unspecified atom stereocenters. The molecule has 0 aromatic carbocycles. The van der Waals surface area contributed by atoms with Crippen molar-refractivity contribution >= 4 is 6.09 Å². The molecule has 0 spiro atoms. The highest BCUT2D eigenvalue weighted by Gasteiger charge is 2.22. The summed E-state index contributed by atoms with van der Waals surface area (Å²) in [4.78, 5) is 13.1. The maximum Gasteiger partial charge on any atom is 0.414 e. The van der Waals surface area contributed by atoms with Gasteiger partial charge in [0.2, 0.25) is 0 Å². The average molecular weight is 193 g/mol. The topological polar surface area (TPSA) is 29.5 Å². The van der Waals surface area contributed by atoms with E-state index in [1.165, 1.54) is 0 Å². The van der Waals surface area contributed by atoms with Crippen LogP contribution in [0.5, 0.6) is 0 Å². The van der Waals surface area contributed by atoms with E-state index in [9.17, 15) is 4.79 Å². The molecule has 1 aliphatic heterocycles. The van der Waals surface area contributed by atoms with Crippen molar-refractivity contribution < 1.29 is 9.53 Å². The van der Waals surface area contributed by atoms with Crippen LogP contribution in [0.1, 0.15) is 19.8 Å². The lowest BCUT2D eigenvalue weighted by molar-refractivity contribution is 0.116. The Morgan fingerprint density at radius 1 is 1.57 bits per heavy atom. The lowest BCUT2D eigenvalue weighted by Crippen LogP contribution is -2.38. The van der Waals surface area contributed by atoms with E-state index in [1.54, 1.807) is 11.8 Å². The summed E-state index contributed by atoms with van der Waals surface area (Å²) >= 11 is 0. The van der Waals surface area contributed by atoms with Crippen LogP contribution in [0.2, 0.25) is 0 Å². The van der Waals surface area contributed by atoms with E-state index >= 15 is 0 Å². The first-order chi connectivity index (χ1) is 6.63. The maximum absolute atomic E-state index is 11.4. The van der Waals surface area contributed by atoms with Gasteiger partial charge < -0.3 is 9.64 Å². The van der Waals surface area contributed by atoms with Crippen LogP contribution in [0.25, 0.3) is 0 Å². The summed E-state index contributed by atoms with van der Waals surface area (Å²) in [6, 6.07) is 0. The molecule has 3 nitrogen and oxygen atoms in total. The lowest BCUT2D eigenvalue weighted by atomic mass is 9.98. The molecule has 0 bridgehead atoms. The fourth-order valence-corrected chi connectivity index (χ4v) is 1.44. The fraction of sp³-hybridized carbons (Fsp3) is 0.545. The highest BCUT2D eigenvalue weighted by Crippen LogP contribution is 2.17. The molecule has 0 aliphatic carbocycles. The van der Waals surface area contributed by atoms with Crippen molar-refractivity contribution in [1.29, 1.82) is 0 Å². The van der Waals surface area contributed by atoms with Crippen LogP contribution in [-0.2, 0) is 4.74 Å². The van der Waals surface area contributed by atoms with Gasteiger partial charge in [-0.3, -0.25) is 0 Å². The molecular weight excluding hydrogens is 178 g/mol. The second kappa shape index (κ2) is 4.71. The Hall–Kier alpha value is -1.43. The van der Waals surface area contributed by atoms with Crippen molar-refractivity contribution in [3.8, 4) is 12.3 Å². The number of piperidine rings is 1. The predicted molar refractivity (Wildman–Crippen MR) is 54.4 cm³/mol. The lowest BCUT2D eigenvalue weighted by Gasteiger charge is -2.28. The number of likely N-dealkylation sites (tertiary alicyclic amines) is 1. The quantitative estimate of drug-likeness (QED) is 0.471. The van der Waals surface area contributed by atoms with Crippen molar-refractivity contribution in [3.05, 3.63) is 12.3 Å². The largest absolute Gasteiger partial charge is 0.416 e. The summed E-state index contributed by atoms with van der Waals surface area (Å²) in [5.41, 5.74) is 0. The molecule has 0 atom stereocenters. The minimum atomic E-state index is -0.312. The molecule has 1 amide bonds. The van der Waals surface area contributed by atoms with Crippen LogP contribution < -0.4 is 0 Å². The van der Waals surface area contributed by atoms with Crippen molar-refractivity contribution in [2.45, 2.75) is 19.8 Å². The second-order valence-electron chi connectivity index (χ2n) is 3.50. The molecule has 1 saturated heterocycles. The van der Waals surface area contributed by atoms with E-state index in [4.69, 9.17) is 11.2 Å². The van der Waals surface area contributed by atoms with Crippen LogP contribution in [0.15, 0.2) is 12.3 Å². The van der Waals surface area contributed by atoms with Gasteiger partial charge in [0.25, 0.3) is 0 Å². The Morgan fingerprint density at radius 3 is 2.57 bits per heavy atom. The van der Waals surface area contributed by atoms with Crippen LogP contribution in [0.3, 0.4) is 0 Å². The molecular formula is C11H15NO2. The van der Waals surface area contributed by atoms with Gasteiger partial charge in [-0.2, -0.15) is 0 Å². The van der Waals surface area contributed by atoms with Crippen LogP contribution >= 0.6 is 0 Å². The zero-order chi connectivity index (χ0) is 10.6. The molecule has 76 valence electrons. The molecule has 0 aromatic rings. The van der Waals surface area contributed by atoms with Gasteiger partial charge >= 0.3 is 6.09 Å². The first kappa shape index (κ1) is 10.6. The number of carbonyl (C=O) groups is 1. The van der Waals surface area contributed by atoms with Crippen LogP contribution in [0.4, 0.5) is 4.79 Å². The highest BCUT2D eigenvalue weighted by atomic mass is 16.6. The molecule has 0 aromatic heterocycles. The Labute approximate surface area is 84.7 Å². The third-order valence-corrected chi connectivity index (χ3v) is 2.25. The van der Waals surface area contributed by atoms with E-state index in [0.717, 1.165) is 12.8 Å². The third kappa shape index (κ3) is 2.81. The molecule has 0 radical (unpaired) electrons. The SMILES string of the molecule is C#CC1CCN(C(=O)OC(=C)C)CC1. The number of allylic oxidation sites excluding steroid dienone is 1. The predicted octanol–water partition coefficient (Wildman–Crippen LogP) is 2.00. The zero-order valence-corrected chi connectivity index (χ0v) is 8.45. The van der Waals surface area contributed by atoms with Crippen LogP contribution in [-0.4, -0.2) is 24.1 Å². The molecule has 1 fully saturated rings. The van der Waals surface area contributed by atoms with Crippen molar-refractivity contribution in [2.75, 3.05) is 13.1 Å². The fourth-order valence-electron chi connectivity index (χ4n) is 1.44. The third-order valence-electron chi connectivity index (χ3n) is 2.25. The van der Waals surface area contributed by atoms with Gasteiger partial charge in [0.1, 0.15) is 0 Å². The summed E-state index contributed by atoms with van der Waals surface area (Å²) in [6.45, 7) is 6.54. The number of ether oxygens (including phenoxy) is 1. The van der Waals surface area contributed by atoms with Gasteiger partial charge in [-0.25, -0.2) is 4.79 Å². The zero-order valence-electron chi connectivity index (χ0n) is 8.45. The van der Waals surface area contributed by atoms with E-state index in [1.807, 2.05) is 0 Å². The Kier molecular flexibility index (Phi) is 3.58. The normalized spacial score (nSPS) is 17.3. The number of rotatable bonds is 1. The van der Waals surface area contributed by atoms with Crippen molar-refractivity contribution in [2.24, 2.45) is 5.92 Å². The molecule has 1 rings (SSSR count). The number of terminal acetylenes is 1. The second-order valence-corrected chi connectivity index (χ2v) is 3.50. The van der Waals surface area contributed by atoms with E-state index in [2.05, 4.69) is 12.5 Å². The first-order valence-electron chi connectivity index (χ1n) is 4.72. The number of nitrogens with zero attached hydrogens (tertiary/aromatic N) is 1. The molecule has 3 heteroatoms. The van der Waals surface area contributed by atoms with E-state index in [0.29, 0.717) is 24.8 Å². The molecule has 0 N–H and O–H groups in total. The molecule has 1 heterocycles. The Bertz CT molecular complexity index is 270. The molecule has 0 saturated carbocycles. The summed E-state index contributed by atoms with van der Waals surface area (Å²) in [7, 11) is 0. The van der Waals surface area contributed by atoms with E-state index in [-0.39, 0.29) is 6.09 Å². The summed E-state index contributed by atoms with van der Waals surface area (Å²) in [5, 5.41) is 0. The summed E-state index contributed by atoms with van der Waals surface area (Å²) < 4.78 is 4.90. The van der Waals surface area contributed by atoms with E-state index < -0.39 is 0 Å². The highest BCUT2D eigenvalue weighted by molar-refractivity contribution is 5.68. The van der Waals surface area contributed by atoms with Gasteiger partial charge in [0.15, 0.2) is 0 Å². The summed E-state index contributed by atoms with van der Waals surface area (Å²) in [6.07, 6.45) is 6.72.